The average Bonchev–Trinajstić information content (AvgIpc) is 2.55. The minimum absolute atomic E-state index is 0.0723. The molecule has 1 N–H and O–H groups in total. The Bertz CT molecular complexity index is 294. The van der Waals surface area contributed by atoms with E-state index in [1.54, 1.807) is 0 Å². The SMILES string of the molecule is CC(=O)NC1(C#N)CCC2CCC1C2. The topological polar surface area (TPSA) is 52.9 Å². The number of carbonyl (C=O) groups is 1. The molecule has 0 aromatic rings. The summed E-state index contributed by atoms with van der Waals surface area (Å²) in [4.78, 5) is 11.1. The van der Waals surface area contributed by atoms with Gasteiger partial charge in [0.2, 0.25) is 5.91 Å². The lowest BCUT2D eigenvalue weighted by atomic mass is 9.74. The highest BCUT2D eigenvalue weighted by Crippen LogP contribution is 2.47. The molecule has 0 aromatic heterocycles. The number of rotatable bonds is 1. The van der Waals surface area contributed by atoms with Crippen molar-refractivity contribution in [1.29, 1.82) is 5.26 Å². The van der Waals surface area contributed by atoms with Crippen molar-refractivity contribution in [2.75, 3.05) is 0 Å². The maximum atomic E-state index is 11.1. The molecule has 2 rings (SSSR count). The molecular formula is C11H16N2O. The molecule has 2 fully saturated rings. The Morgan fingerprint density at radius 2 is 2.29 bits per heavy atom. The van der Waals surface area contributed by atoms with Gasteiger partial charge >= 0.3 is 0 Å². The van der Waals surface area contributed by atoms with Crippen LogP contribution in [0.4, 0.5) is 0 Å². The third-order valence-electron chi connectivity index (χ3n) is 3.78. The van der Waals surface area contributed by atoms with Gasteiger partial charge < -0.3 is 5.32 Å². The summed E-state index contributed by atoms with van der Waals surface area (Å²) in [6, 6.07) is 2.34. The minimum atomic E-state index is -0.543. The van der Waals surface area contributed by atoms with Crippen LogP contribution in [-0.4, -0.2) is 11.4 Å². The summed E-state index contributed by atoms with van der Waals surface area (Å²) in [6.07, 6.45) is 5.43. The zero-order valence-corrected chi connectivity index (χ0v) is 8.55. The number of nitrogens with one attached hydrogen (secondary N) is 1. The lowest BCUT2D eigenvalue weighted by molar-refractivity contribution is -0.121. The minimum Gasteiger partial charge on any atom is -0.338 e. The van der Waals surface area contributed by atoms with Gasteiger partial charge in [-0.1, -0.05) is 6.42 Å². The molecule has 0 spiro atoms. The van der Waals surface area contributed by atoms with Gasteiger partial charge in [-0.2, -0.15) is 5.26 Å². The first-order chi connectivity index (χ1) is 6.66. The normalized spacial score (nSPS) is 40.3. The van der Waals surface area contributed by atoms with Crippen LogP contribution in [0.3, 0.4) is 0 Å². The summed E-state index contributed by atoms with van der Waals surface area (Å²) in [7, 11) is 0. The monoisotopic (exact) mass is 192 g/mol. The van der Waals surface area contributed by atoms with E-state index >= 15 is 0 Å². The Labute approximate surface area is 84.5 Å². The molecule has 0 heterocycles. The van der Waals surface area contributed by atoms with E-state index < -0.39 is 5.54 Å². The van der Waals surface area contributed by atoms with Gasteiger partial charge in [-0.3, -0.25) is 4.79 Å². The lowest BCUT2D eigenvalue weighted by Gasteiger charge is -2.37. The predicted octanol–water partition coefficient (Wildman–Crippen LogP) is 1.59. The molecule has 2 saturated carbocycles. The van der Waals surface area contributed by atoms with Crippen molar-refractivity contribution in [3.8, 4) is 6.07 Å². The third-order valence-corrected chi connectivity index (χ3v) is 3.78. The number of nitriles is 1. The van der Waals surface area contributed by atoms with Gasteiger partial charge in [0.1, 0.15) is 5.54 Å². The van der Waals surface area contributed by atoms with E-state index in [2.05, 4.69) is 11.4 Å². The van der Waals surface area contributed by atoms with Crippen molar-refractivity contribution in [2.45, 2.75) is 44.6 Å². The highest BCUT2D eigenvalue weighted by atomic mass is 16.1. The smallest absolute Gasteiger partial charge is 0.218 e. The van der Waals surface area contributed by atoms with Crippen LogP contribution in [0.5, 0.6) is 0 Å². The second-order valence-corrected chi connectivity index (χ2v) is 4.68. The molecule has 14 heavy (non-hydrogen) atoms. The molecule has 2 aliphatic rings. The summed E-state index contributed by atoms with van der Waals surface area (Å²) < 4.78 is 0. The quantitative estimate of drug-likeness (QED) is 0.686. The van der Waals surface area contributed by atoms with Gasteiger partial charge in [-0.05, 0) is 37.5 Å². The van der Waals surface area contributed by atoms with Gasteiger partial charge in [0.05, 0.1) is 6.07 Å². The van der Waals surface area contributed by atoms with E-state index in [1.165, 1.54) is 13.3 Å². The summed E-state index contributed by atoms with van der Waals surface area (Å²) >= 11 is 0. The van der Waals surface area contributed by atoms with Crippen molar-refractivity contribution in [2.24, 2.45) is 11.8 Å². The predicted molar refractivity (Wildman–Crippen MR) is 52.2 cm³/mol. The van der Waals surface area contributed by atoms with E-state index in [1.807, 2.05) is 0 Å². The molecule has 0 saturated heterocycles. The van der Waals surface area contributed by atoms with E-state index in [0.29, 0.717) is 5.92 Å². The van der Waals surface area contributed by atoms with Crippen molar-refractivity contribution < 1.29 is 4.79 Å². The second kappa shape index (κ2) is 3.27. The molecule has 0 radical (unpaired) electrons. The van der Waals surface area contributed by atoms with Crippen LogP contribution in [0.15, 0.2) is 0 Å². The van der Waals surface area contributed by atoms with Crippen LogP contribution in [0.25, 0.3) is 0 Å². The molecule has 3 unspecified atom stereocenters. The van der Waals surface area contributed by atoms with Crippen LogP contribution in [0, 0.1) is 23.2 Å². The molecule has 3 atom stereocenters. The van der Waals surface area contributed by atoms with Crippen molar-refractivity contribution in [1.82, 2.24) is 5.32 Å². The first kappa shape index (κ1) is 9.51. The summed E-state index contributed by atoms with van der Waals surface area (Å²) in [5.74, 6) is 1.14. The molecule has 0 aromatic carbocycles. The van der Waals surface area contributed by atoms with E-state index in [0.717, 1.165) is 31.6 Å². The van der Waals surface area contributed by atoms with Crippen LogP contribution in [0.1, 0.15) is 39.0 Å². The van der Waals surface area contributed by atoms with E-state index in [-0.39, 0.29) is 5.91 Å². The highest BCUT2D eigenvalue weighted by molar-refractivity contribution is 5.74. The van der Waals surface area contributed by atoms with Gasteiger partial charge in [0.25, 0.3) is 0 Å². The van der Waals surface area contributed by atoms with Crippen molar-refractivity contribution in [3.05, 3.63) is 0 Å². The summed E-state index contributed by atoms with van der Waals surface area (Å²) in [5.41, 5.74) is -0.543. The first-order valence-corrected chi connectivity index (χ1v) is 5.36. The highest BCUT2D eigenvalue weighted by Gasteiger charge is 2.47. The fourth-order valence-corrected chi connectivity index (χ4v) is 3.07. The van der Waals surface area contributed by atoms with Gasteiger partial charge in [-0.15, -0.1) is 0 Å². The second-order valence-electron chi connectivity index (χ2n) is 4.68. The summed E-state index contributed by atoms with van der Waals surface area (Å²) in [5, 5.41) is 12.1. The molecule has 2 bridgehead atoms. The Hall–Kier alpha value is -1.04. The molecule has 0 aliphatic heterocycles. The van der Waals surface area contributed by atoms with E-state index in [9.17, 15) is 10.1 Å². The maximum Gasteiger partial charge on any atom is 0.218 e. The number of amides is 1. The Balaban J connectivity index is 2.19. The average molecular weight is 192 g/mol. The maximum absolute atomic E-state index is 11.1. The number of hydrogen-bond acceptors (Lipinski definition) is 2. The largest absolute Gasteiger partial charge is 0.338 e. The third kappa shape index (κ3) is 1.39. The molecule has 1 amide bonds. The fourth-order valence-electron chi connectivity index (χ4n) is 3.07. The standard InChI is InChI=1S/C11H16N2O/c1-8(14)13-11(7-12)5-4-9-2-3-10(11)6-9/h9-10H,2-6H2,1H3,(H,13,14). The van der Waals surface area contributed by atoms with Crippen LogP contribution >= 0.6 is 0 Å². The van der Waals surface area contributed by atoms with Crippen molar-refractivity contribution in [3.63, 3.8) is 0 Å². The zero-order chi connectivity index (χ0) is 10.2. The molecule has 2 aliphatic carbocycles. The van der Waals surface area contributed by atoms with Gasteiger partial charge in [0, 0.05) is 6.92 Å². The van der Waals surface area contributed by atoms with Crippen LogP contribution < -0.4 is 5.32 Å². The molecular weight excluding hydrogens is 176 g/mol. The van der Waals surface area contributed by atoms with Crippen LogP contribution in [-0.2, 0) is 4.79 Å². The number of fused-ring (bicyclic) bond motifs is 2. The van der Waals surface area contributed by atoms with Crippen LogP contribution in [0.2, 0.25) is 0 Å². The zero-order valence-electron chi connectivity index (χ0n) is 8.55. The molecule has 76 valence electrons. The molecule has 3 nitrogen and oxygen atoms in total. The lowest BCUT2D eigenvalue weighted by Crippen LogP contribution is -2.53. The fraction of sp³-hybridized carbons (Fsp3) is 0.818. The summed E-state index contributed by atoms with van der Waals surface area (Å²) in [6.45, 7) is 1.50. The number of carbonyl (C=O) groups excluding carboxylic acids is 1. The number of hydrogen-bond donors (Lipinski definition) is 1. The Morgan fingerprint density at radius 3 is 2.93 bits per heavy atom. The van der Waals surface area contributed by atoms with Crippen molar-refractivity contribution >= 4 is 5.91 Å². The molecule has 3 heteroatoms. The number of nitrogens with zero attached hydrogens (tertiary/aromatic N) is 1. The Morgan fingerprint density at radius 1 is 1.50 bits per heavy atom. The van der Waals surface area contributed by atoms with E-state index in [4.69, 9.17) is 0 Å². The van der Waals surface area contributed by atoms with Gasteiger partial charge in [-0.25, -0.2) is 0 Å². The van der Waals surface area contributed by atoms with Gasteiger partial charge in [0.15, 0.2) is 0 Å². The Kier molecular flexibility index (Phi) is 2.22. The first-order valence-electron chi connectivity index (χ1n) is 5.36.